The van der Waals surface area contributed by atoms with Crippen LogP contribution >= 0.6 is 22.9 Å². The molecule has 2 aromatic rings. The van der Waals surface area contributed by atoms with Crippen LogP contribution in [0.3, 0.4) is 0 Å². The van der Waals surface area contributed by atoms with Gasteiger partial charge in [0.15, 0.2) is 0 Å². The summed E-state index contributed by atoms with van der Waals surface area (Å²) in [5.74, 6) is 0.674. The topological polar surface area (TPSA) is 43.6 Å². The number of hydrogen-bond acceptors (Lipinski definition) is 4. The summed E-state index contributed by atoms with van der Waals surface area (Å²) in [5, 5.41) is 8.22. The molecule has 0 aliphatic carbocycles. The first-order valence-corrected chi connectivity index (χ1v) is 7.05. The standard InChI is InChI=1S/C11H15ClN4S/c1-9-11(17-8-13-9)4-6-16-7-10(14-15-16)3-2-5-12/h7-8H,2-6H2,1H3. The van der Waals surface area contributed by atoms with Gasteiger partial charge in [-0.15, -0.1) is 28.0 Å². The van der Waals surface area contributed by atoms with Crippen LogP contribution in [0.5, 0.6) is 0 Å². The van der Waals surface area contributed by atoms with E-state index in [1.807, 2.05) is 23.3 Å². The zero-order valence-corrected chi connectivity index (χ0v) is 11.3. The molecule has 0 aromatic carbocycles. The molecular weight excluding hydrogens is 256 g/mol. The predicted octanol–water partition coefficient (Wildman–Crippen LogP) is 2.46. The molecule has 0 N–H and O–H groups in total. The molecule has 4 nitrogen and oxygen atoms in total. The van der Waals surface area contributed by atoms with E-state index in [0.29, 0.717) is 5.88 Å². The molecule has 2 aromatic heterocycles. The van der Waals surface area contributed by atoms with Crippen LogP contribution in [0, 0.1) is 6.92 Å². The molecule has 17 heavy (non-hydrogen) atoms. The first-order chi connectivity index (χ1) is 8.29. The van der Waals surface area contributed by atoms with Crippen molar-refractivity contribution in [3.63, 3.8) is 0 Å². The molecule has 0 radical (unpaired) electrons. The second kappa shape index (κ2) is 6.12. The Hall–Kier alpha value is -0.940. The van der Waals surface area contributed by atoms with Crippen molar-refractivity contribution in [2.75, 3.05) is 5.88 Å². The van der Waals surface area contributed by atoms with Gasteiger partial charge in [0.05, 0.1) is 16.9 Å². The third-order valence-corrected chi connectivity index (χ3v) is 3.83. The van der Waals surface area contributed by atoms with Crippen LogP contribution in [-0.4, -0.2) is 25.9 Å². The highest BCUT2D eigenvalue weighted by molar-refractivity contribution is 7.09. The van der Waals surface area contributed by atoms with Gasteiger partial charge in [-0.2, -0.15) is 0 Å². The highest BCUT2D eigenvalue weighted by Crippen LogP contribution is 2.13. The van der Waals surface area contributed by atoms with E-state index >= 15 is 0 Å². The fourth-order valence-corrected chi connectivity index (χ4v) is 2.50. The molecule has 0 atom stereocenters. The van der Waals surface area contributed by atoms with Crippen molar-refractivity contribution in [3.05, 3.63) is 28.0 Å². The molecular formula is C11H15ClN4S. The van der Waals surface area contributed by atoms with Gasteiger partial charge in [-0.05, 0) is 19.8 Å². The maximum Gasteiger partial charge on any atom is 0.0827 e. The van der Waals surface area contributed by atoms with E-state index in [1.54, 1.807) is 11.3 Å². The molecule has 0 aliphatic rings. The number of rotatable bonds is 6. The minimum atomic E-state index is 0.674. The lowest BCUT2D eigenvalue weighted by Gasteiger charge is -1.98. The Balaban J connectivity index is 1.87. The van der Waals surface area contributed by atoms with Crippen molar-refractivity contribution < 1.29 is 0 Å². The predicted molar refractivity (Wildman–Crippen MR) is 69.6 cm³/mol. The number of aromatic nitrogens is 4. The van der Waals surface area contributed by atoms with Gasteiger partial charge in [0.2, 0.25) is 0 Å². The zero-order chi connectivity index (χ0) is 12.1. The van der Waals surface area contributed by atoms with Gasteiger partial charge in [-0.25, -0.2) is 4.98 Å². The molecule has 0 unspecified atom stereocenters. The molecule has 2 rings (SSSR count). The summed E-state index contributed by atoms with van der Waals surface area (Å²) >= 11 is 7.34. The van der Waals surface area contributed by atoms with Crippen molar-refractivity contribution in [2.45, 2.75) is 32.7 Å². The molecule has 0 aliphatic heterocycles. The molecule has 6 heteroatoms. The van der Waals surface area contributed by atoms with Gasteiger partial charge < -0.3 is 0 Å². The number of alkyl halides is 1. The summed E-state index contributed by atoms with van der Waals surface area (Å²) in [6.45, 7) is 2.90. The van der Waals surface area contributed by atoms with Crippen LogP contribution in [0.15, 0.2) is 11.7 Å². The van der Waals surface area contributed by atoms with Crippen molar-refractivity contribution in [1.29, 1.82) is 0 Å². The Morgan fingerprint density at radius 1 is 1.41 bits per heavy atom. The summed E-state index contributed by atoms with van der Waals surface area (Å²) in [6, 6.07) is 0. The molecule has 2 heterocycles. The third-order valence-electron chi connectivity index (χ3n) is 2.57. The van der Waals surface area contributed by atoms with Gasteiger partial charge in [0.25, 0.3) is 0 Å². The minimum absolute atomic E-state index is 0.674. The van der Waals surface area contributed by atoms with Crippen molar-refractivity contribution in [1.82, 2.24) is 20.0 Å². The molecule has 0 fully saturated rings. The van der Waals surface area contributed by atoms with E-state index in [2.05, 4.69) is 15.3 Å². The smallest absolute Gasteiger partial charge is 0.0827 e. The second-order valence-electron chi connectivity index (χ2n) is 3.88. The summed E-state index contributed by atoms with van der Waals surface area (Å²) in [6.07, 6.45) is 4.83. The SMILES string of the molecule is Cc1ncsc1CCn1cc(CCCCl)nn1. The van der Waals surface area contributed by atoms with Gasteiger partial charge >= 0.3 is 0 Å². The van der Waals surface area contributed by atoms with Crippen LogP contribution in [0.25, 0.3) is 0 Å². The Labute approximate surface area is 110 Å². The fraction of sp³-hybridized carbons (Fsp3) is 0.545. The van der Waals surface area contributed by atoms with E-state index < -0.39 is 0 Å². The first-order valence-electron chi connectivity index (χ1n) is 5.63. The number of nitrogens with zero attached hydrogens (tertiary/aromatic N) is 4. The van der Waals surface area contributed by atoms with Gasteiger partial charge in [-0.1, -0.05) is 5.21 Å². The van der Waals surface area contributed by atoms with Crippen LogP contribution < -0.4 is 0 Å². The zero-order valence-electron chi connectivity index (χ0n) is 9.77. The van der Waals surface area contributed by atoms with Crippen molar-refractivity contribution >= 4 is 22.9 Å². The quantitative estimate of drug-likeness (QED) is 0.758. The summed E-state index contributed by atoms with van der Waals surface area (Å²) in [5.41, 5.74) is 4.03. The number of halogens is 1. The lowest BCUT2D eigenvalue weighted by molar-refractivity contribution is 0.590. The fourth-order valence-electron chi connectivity index (χ4n) is 1.59. The summed E-state index contributed by atoms with van der Waals surface area (Å²) < 4.78 is 1.89. The van der Waals surface area contributed by atoms with Crippen molar-refractivity contribution in [2.24, 2.45) is 0 Å². The molecule has 0 bridgehead atoms. The molecule has 0 spiro atoms. The summed E-state index contributed by atoms with van der Waals surface area (Å²) in [4.78, 5) is 5.56. The Bertz CT molecular complexity index is 465. The van der Waals surface area contributed by atoms with E-state index in [-0.39, 0.29) is 0 Å². The molecule has 0 amide bonds. The number of hydrogen-bond donors (Lipinski definition) is 0. The largest absolute Gasteiger partial charge is 0.252 e. The van der Waals surface area contributed by atoms with E-state index in [4.69, 9.17) is 11.6 Å². The highest BCUT2D eigenvalue weighted by atomic mass is 35.5. The summed E-state index contributed by atoms with van der Waals surface area (Å²) in [7, 11) is 0. The van der Waals surface area contributed by atoms with Crippen LogP contribution in [-0.2, 0) is 19.4 Å². The third kappa shape index (κ3) is 3.51. The van der Waals surface area contributed by atoms with Crippen LogP contribution in [0.4, 0.5) is 0 Å². The Morgan fingerprint density at radius 3 is 3.00 bits per heavy atom. The minimum Gasteiger partial charge on any atom is -0.252 e. The van der Waals surface area contributed by atoms with Gasteiger partial charge in [0, 0.05) is 29.9 Å². The highest BCUT2D eigenvalue weighted by Gasteiger charge is 2.04. The van der Waals surface area contributed by atoms with E-state index in [0.717, 1.165) is 37.2 Å². The van der Waals surface area contributed by atoms with E-state index in [1.165, 1.54) is 4.88 Å². The number of aryl methyl sites for hydroxylation is 4. The molecule has 0 saturated heterocycles. The van der Waals surface area contributed by atoms with Gasteiger partial charge in [-0.3, -0.25) is 4.68 Å². The lowest BCUT2D eigenvalue weighted by Crippen LogP contribution is -2.01. The normalized spacial score (nSPS) is 10.9. The Kier molecular flexibility index (Phi) is 4.50. The average molecular weight is 271 g/mol. The lowest BCUT2D eigenvalue weighted by atomic mass is 10.3. The maximum atomic E-state index is 5.64. The maximum absolute atomic E-state index is 5.64. The monoisotopic (exact) mass is 270 g/mol. The molecule has 92 valence electrons. The van der Waals surface area contributed by atoms with Gasteiger partial charge in [0.1, 0.15) is 0 Å². The van der Waals surface area contributed by atoms with Crippen molar-refractivity contribution in [3.8, 4) is 0 Å². The number of thiazole rings is 1. The van der Waals surface area contributed by atoms with Crippen LogP contribution in [0.1, 0.15) is 22.7 Å². The van der Waals surface area contributed by atoms with Crippen LogP contribution in [0.2, 0.25) is 0 Å². The average Bonchev–Trinajstić information content (AvgIpc) is 2.93. The first kappa shape index (κ1) is 12.5. The Morgan fingerprint density at radius 2 is 2.29 bits per heavy atom. The molecule has 0 saturated carbocycles. The van der Waals surface area contributed by atoms with E-state index in [9.17, 15) is 0 Å². The second-order valence-corrected chi connectivity index (χ2v) is 5.19.